The largest absolute Gasteiger partial charge is 0.324 e. The molecule has 0 fully saturated rings. The number of nitrogens with one attached hydrogen (secondary N) is 1. The molecule has 0 bridgehead atoms. The summed E-state index contributed by atoms with van der Waals surface area (Å²) < 4.78 is 0.905. The Balaban J connectivity index is 2.69. The lowest BCUT2D eigenvalue weighted by Crippen LogP contribution is -2.35. The van der Waals surface area contributed by atoms with Crippen LogP contribution in [0.25, 0.3) is 0 Å². The molecular weight excluding hydrogens is 338 g/mol. The van der Waals surface area contributed by atoms with Gasteiger partial charge in [-0.2, -0.15) is 0 Å². The van der Waals surface area contributed by atoms with Crippen LogP contribution in [0.1, 0.15) is 19.8 Å². The highest BCUT2D eigenvalue weighted by molar-refractivity contribution is 14.1. The molecule has 0 aromatic heterocycles. The molecular formula is C11H14ClIN2O. The molecule has 0 saturated carbocycles. The van der Waals surface area contributed by atoms with E-state index in [2.05, 4.69) is 27.9 Å². The van der Waals surface area contributed by atoms with Crippen LogP contribution in [0.5, 0.6) is 0 Å². The Labute approximate surface area is 114 Å². The lowest BCUT2D eigenvalue weighted by atomic mass is 10.1. The summed E-state index contributed by atoms with van der Waals surface area (Å²) in [5.74, 6) is -0.151. The Hall–Kier alpha value is -0.330. The van der Waals surface area contributed by atoms with Crippen LogP contribution in [0.4, 0.5) is 5.69 Å². The predicted molar refractivity (Wildman–Crippen MR) is 75.7 cm³/mol. The summed E-state index contributed by atoms with van der Waals surface area (Å²) in [4.78, 5) is 11.7. The summed E-state index contributed by atoms with van der Waals surface area (Å²) in [5, 5.41) is 3.44. The second-order valence-electron chi connectivity index (χ2n) is 3.51. The highest BCUT2D eigenvalue weighted by Crippen LogP contribution is 2.22. The van der Waals surface area contributed by atoms with E-state index in [1.54, 1.807) is 18.2 Å². The molecule has 1 aromatic rings. The number of carbonyl (C=O) groups excluding carboxylic acids is 1. The molecule has 3 N–H and O–H groups in total. The van der Waals surface area contributed by atoms with Gasteiger partial charge < -0.3 is 11.1 Å². The van der Waals surface area contributed by atoms with Crippen molar-refractivity contribution in [2.45, 2.75) is 25.8 Å². The molecule has 0 spiro atoms. The van der Waals surface area contributed by atoms with Crippen LogP contribution in [-0.4, -0.2) is 11.9 Å². The fraction of sp³-hybridized carbons (Fsp3) is 0.364. The Morgan fingerprint density at radius 3 is 2.88 bits per heavy atom. The first-order valence-electron chi connectivity index (χ1n) is 5.06. The van der Waals surface area contributed by atoms with E-state index in [0.717, 1.165) is 15.7 Å². The minimum absolute atomic E-state index is 0.151. The van der Waals surface area contributed by atoms with Crippen molar-refractivity contribution in [3.8, 4) is 0 Å². The zero-order valence-electron chi connectivity index (χ0n) is 8.97. The van der Waals surface area contributed by atoms with Crippen LogP contribution < -0.4 is 11.1 Å². The van der Waals surface area contributed by atoms with Crippen LogP contribution in [0.15, 0.2) is 18.2 Å². The molecule has 3 nitrogen and oxygen atoms in total. The van der Waals surface area contributed by atoms with E-state index in [-0.39, 0.29) is 5.91 Å². The standard InChI is InChI=1S/C11H14ClIN2O/c1-2-3-9(14)11(16)15-10-5-4-7(12)6-8(10)13/h4-6,9H,2-3,14H2,1H3,(H,15,16). The maximum Gasteiger partial charge on any atom is 0.241 e. The summed E-state index contributed by atoms with van der Waals surface area (Å²) in [6, 6.07) is 4.87. The van der Waals surface area contributed by atoms with Crippen LogP contribution in [0.3, 0.4) is 0 Å². The second-order valence-corrected chi connectivity index (χ2v) is 5.11. The van der Waals surface area contributed by atoms with E-state index < -0.39 is 6.04 Å². The summed E-state index contributed by atoms with van der Waals surface area (Å²) in [7, 11) is 0. The molecule has 16 heavy (non-hydrogen) atoms. The summed E-state index contributed by atoms with van der Waals surface area (Å²) in [6.07, 6.45) is 1.59. The van der Waals surface area contributed by atoms with E-state index >= 15 is 0 Å². The van der Waals surface area contributed by atoms with Crippen LogP contribution in [-0.2, 0) is 4.79 Å². The second kappa shape index (κ2) is 6.42. The number of rotatable bonds is 4. The van der Waals surface area contributed by atoms with E-state index in [1.165, 1.54) is 0 Å². The first-order valence-corrected chi connectivity index (χ1v) is 6.51. The van der Waals surface area contributed by atoms with E-state index in [1.807, 2.05) is 6.92 Å². The third kappa shape index (κ3) is 3.92. The first-order chi connectivity index (χ1) is 7.54. The fourth-order valence-electron chi connectivity index (χ4n) is 1.26. The van der Waals surface area contributed by atoms with E-state index in [4.69, 9.17) is 17.3 Å². The number of carbonyl (C=O) groups is 1. The van der Waals surface area contributed by atoms with E-state index in [9.17, 15) is 4.79 Å². The lowest BCUT2D eigenvalue weighted by molar-refractivity contribution is -0.117. The molecule has 0 aliphatic rings. The quantitative estimate of drug-likeness (QED) is 0.819. The van der Waals surface area contributed by atoms with Crippen LogP contribution in [0.2, 0.25) is 5.02 Å². The molecule has 0 aliphatic heterocycles. The van der Waals surface area contributed by atoms with Crippen molar-refractivity contribution in [3.63, 3.8) is 0 Å². The monoisotopic (exact) mass is 352 g/mol. The third-order valence-corrected chi connectivity index (χ3v) is 3.25. The Kier molecular flexibility index (Phi) is 5.51. The first kappa shape index (κ1) is 13.7. The number of halogens is 2. The highest BCUT2D eigenvalue weighted by Gasteiger charge is 2.13. The number of anilines is 1. The maximum atomic E-state index is 11.7. The SMILES string of the molecule is CCCC(N)C(=O)Nc1ccc(Cl)cc1I. The lowest BCUT2D eigenvalue weighted by Gasteiger charge is -2.12. The normalized spacial score (nSPS) is 12.2. The van der Waals surface area contributed by atoms with Gasteiger partial charge in [-0.1, -0.05) is 24.9 Å². The Morgan fingerprint density at radius 1 is 1.62 bits per heavy atom. The van der Waals surface area contributed by atoms with Gasteiger partial charge in [-0.05, 0) is 47.2 Å². The van der Waals surface area contributed by atoms with Crippen LogP contribution in [0, 0.1) is 3.57 Å². The smallest absolute Gasteiger partial charge is 0.241 e. The van der Waals surface area contributed by atoms with Crippen molar-refractivity contribution >= 4 is 45.8 Å². The molecule has 1 unspecified atom stereocenters. The number of hydrogen-bond donors (Lipinski definition) is 2. The predicted octanol–water partition coefficient (Wildman–Crippen LogP) is 3.01. The number of amides is 1. The van der Waals surface area contributed by atoms with Gasteiger partial charge in [0, 0.05) is 8.59 Å². The molecule has 88 valence electrons. The molecule has 5 heteroatoms. The van der Waals surface area contributed by atoms with Gasteiger partial charge in [0.25, 0.3) is 0 Å². The summed E-state index contributed by atoms with van der Waals surface area (Å²) in [6.45, 7) is 2.00. The fourth-order valence-corrected chi connectivity index (χ4v) is 2.26. The van der Waals surface area contributed by atoms with Gasteiger partial charge in [0.05, 0.1) is 11.7 Å². The maximum absolute atomic E-state index is 11.7. The topological polar surface area (TPSA) is 55.1 Å². The molecule has 1 atom stereocenters. The molecule has 0 heterocycles. The zero-order valence-corrected chi connectivity index (χ0v) is 11.9. The van der Waals surface area contributed by atoms with Crippen molar-refractivity contribution in [2.24, 2.45) is 5.73 Å². The summed E-state index contributed by atoms with van der Waals surface area (Å²) in [5.41, 5.74) is 6.47. The highest BCUT2D eigenvalue weighted by atomic mass is 127. The molecule has 1 aromatic carbocycles. The van der Waals surface area contributed by atoms with E-state index in [0.29, 0.717) is 11.4 Å². The third-order valence-electron chi connectivity index (χ3n) is 2.13. The molecule has 1 rings (SSSR count). The minimum Gasteiger partial charge on any atom is -0.324 e. The minimum atomic E-state index is -0.448. The molecule has 1 amide bonds. The van der Waals surface area contributed by atoms with Gasteiger partial charge in [-0.3, -0.25) is 4.79 Å². The van der Waals surface area contributed by atoms with Gasteiger partial charge in [0.15, 0.2) is 0 Å². The van der Waals surface area contributed by atoms with Crippen molar-refractivity contribution in [1.82, 2.24) is 0 Å². The van der Waals surface area contributed by atoms with Gasteiger partial charge in [-0.25, -0.2) is 0 Å². The average molecular weight is 353 g/mol. The van der Waals surface area contributed by atoms with Gasteiger partial charge >= 0.3 is 0 Å². The van der Waals surface area contributed by atoms with Gasteiger partial charge in [0.1, 0.15) is 0 Å². The molecule has 0 aliphatic carbocycles. The zero-order chi connectivity index (χ0) is 12.1. The van der Waals surface area contributed by atoms with Crippen molar-refractivity contribution in [2.75, 3.05) is 5.32 Å². The van der Waals surface area contributed by atoms with Gasteiger partial charge in [0.2, 0.25) is 5.91 Å². The number of nitrogens with two attached hydrogens (primary N) is 1. The van der Waals surface area contributed by atoms with Crippen molar-refractivity contribution in [3.05, 3.63) is 26.8 Å². The van der Waals surface area contributed by atoms with Crippen molar-refractivity contribution in [1.29, 1.82) is 0 Å². The Bertz CT molecular complexity index is 384. The molecule has 0 saturated heterocycles. The van der Waals surface area contributed by atoms with Gasteiger partial charge in [-0.15, -0.1) is 0 Å². The Morgan fingerprint density at radius 2 is 2.31 bits per heavy atom. The number of benzene rings is 1. The average Bonchev–Trinajstić information content (AvgIpc) is 2.22. The van der Waals surface area contributed by atoms with Crippen LogP contribution >= 0.6 is 34.2 Å². The molecule has 0 radical (unpaired) electrons. The summed E-state index contributed by atoms with van der Waals surface area (Å²) >= 11 is 7.95. The number of hydrogen-bond acceptors (Lipinski definition) is 2. The van der Waals surface area contributed by atoms with Crippen molar-refractivity contribution < 1.29 is 4.79 Å².